The van der Waals surface area contributed by atoms with Crippen molar-refractivity contribution in [3.05, 3.63) is 65.4 Å². The molecule has 2 aromatic heterocycles. The maximum atomic E-state index is 14.5. The van der Waals surface area contributed by atoms with Crippen LogP contribution < -0.4 is 10.1 Å². The molecule has 0 saturated carbocycles. The Kier molecular flexibility index (Phi) is 8.31. The molecule has 2 unspecified atom stereocenters. The molecule has 2 atom stereocenters. The Morgan fingerprint density at radius 2 is 1.94 bits per heavy atom. The number of fused-ring (bicyclic) bond motifs is 1. The maximum absolute atomic E-state index is 14.5. The van der Waals surface area contributed by atoms with E-state index in [9.17, 15) is 13.9 Å². The molecule has 0 amide bonds. The van der Waals surface area contributed by atoms with Gasteiger partial charge in [0.2, 0.25) is 5.88 Å². The van der Waals surface area contributed by atoms with Gasteiger partial charge in [0, 0.05) is 50.3 Å². The Balaban J connectivity index is 0.00000289. The van der Waals surface area contributed by atoms with E-state index >= 15 is 0 Å². The number of hydrogen-bond acceptors (Lipinski definition) is 6. The highest BCUT2D eigenvalue weighted by atomic mass is 35.5. The summed E-state index contributed by atoms with van der Waals surface area (Å²) in [5.41, 5.74) is 2.64. The van der Waals surface area contributed by atoms with Gasteiger partial charge >= 0.3 is 0 Å². The molecule has 4 rings (SSSR count). The molecule has 3 aromatic rings. The molecule has 3 heterocycles. The molecule has 1 aromatic carbocycles. The van der Waals surface area contributed by atoms with Crippen molar-refractivity contribution in [1.82, 2.24) is 20.2 Å². The summed E-state index contributed by atoms with van der Waals surface area (Å²) in [6.45, 7) is 3.15. The number of rotatable bonds is 8. The molecule has 32 heavy (non-hydrogen) atoms. The van der Waals surface area contributed by atoms with Crippen LogP contribution >= 0.6 is 12.4 Å². The van der Waals surface area contributed by atoms with E-state index in [0.29, 0.717) is 55.1 Å². The van der Waals surface area contributed by atoms with Crippen LogP contribution in [0.15, 0.2) is 42.6 Å². The molecule has 2 N–H and O–H groups in total. The molecule has 1 aliphatic heterocycles. The summed E-state index contributed by atoms with van der Waals surface area (Å²) in [7, 11) is 1.52. The number of aromatic nitrogens is 2. The van der Waals surface area contributed by atoms with E-state index in [-0.39, 0.29) is 30.0 Å². The molecule has 1 aliphatic rings. The molecule has 9 heteroatoms. The highest BCUT2D eigenvalue weighted by Gasteiger charge is 2.30. The third-order valence-electron chi connectivity index (χ3n) is 5.76. The lowest BCUT2D eigenvalue weighted by atomic mass is 10.1. The Labute approximate surface area is 192 Å². The average molecular weight is 465 g/mol. The zero-order chi connectivity index (χ0) is 21.8. The van der Waals surface area contributed by atoms with E-state index in [0.717, 1.165) is 12.1 Å². The first-order valence-corrected chi connectivity index (χ1v) is 10.4. The second-order valence-corrected chi connectivity index (χ2v) is 7.90. The van der Waals surface area contributed by atoms with Crippen molar-refractivity contribution >= 4 is 23.4 Å². The van der Waals surface area contributed by atoms with Gasteiger partial charge in [-0.15, -0.1) is 12.4 Å². The number of methoxy groups -OCH3 is 1. The summed E-state index contributed by atoms with van der Waals surface area (Å²) in [4.78, 5) is 10.6. The average Bonchev–Trinajstić information content (AvgIpc) is 3.13. The van der Waals surface area contributed by atoms with Gasteiger partial charge in [-0.2, -0.15) is 0 Å². The minimum atomic E-state index is -0.446. The summed E-state index contributed by atoms with van der Waals surface area (Å²) >= 11 is 0. The van der Waals surface area contributed by atoms with Crippen LogP contribution in [0, 0.1) is 17.6 Å². The van der Waals surface area contributed by atoms with Gasteiger partial charge in [0.1, 0.15) is 11.6 Å². The number of aliphatic hydroxyl groups excluding tert-OH is 1. The summed E-state index contributed by atoms with van der Waals surface area (Å²) in [5, 5.41) is 13.8. The van der Waals surface area contributed by atoms with Gasteiger partial charge in [-0.05, 0) is 30.2 Å². The highest BCUT2D eigenvalue weighted by molar-refractivity contribution is 5.85. The van der Waals surface area contributed by atoms with Crippen LogP contribution in [0.3, 0.4) is 0 Å². The summed E-state index contributed by atoms with van der Waals surface area (Å²) < 4.78 is 32.7. The minimum absolute atomic E-state index is 0. The van der Waals surface area contributed by atoms with Crippen molar-refractivity contribution in [2.45, 2.75) is 19.1 Å². The van der Waals surface area contributed by atoms with Gasteiger partial charge in [-0.1, -0.05) is 12.1 Å². The fourth-order valence-corrected chi connectivity index (χ4v) is 4.03. The molecule has 1 fully saturated rings. The van der Waals surface area contributed by atoms with Gasteiger partial charge in [0.05, 0.1) is 30.4 Å². The van der Waals surface area contributed by atoms with Crippen molar-refractivity contribution in [3.8, 4) is 5.88 Å². The van der Waals surface area contributed by atoms with Gasteiger partial charge in [0.25, 0.3) is 0 Å². The van der Waals surface area contributed by atoms with E-state index in [1.807, 2.05) is 0 Å². The Bertz CT molecular complexity index is 1040. The first-order chi connectivity index (χ1) is 15.0. The number of halogens is 3. The predicted octanol–water partition coefficient (Wildman–Crippen LogP) is 2.96. The second-order valence-electron chi connectivity index (χ2n) is 7.90. The third kappa shape index (κ3) is 5.69. The Morgan fingerprint density at radius 1 is 1.16 bits per heavy atom. The van der Waals surface area contributed by atoms with Gasteiger partial charge < -0.3 is 20.1 Å². The summed E-state index contributed by atoms with van der Waals surface area (Å²) in [5.74, 6) is -0.133. The van der Waals surface area contributed by atoms with Crippen LogP contribution in [0.25, 0.3) is 11.0 Å². The highest BCUT2D eigenvalue weighted by Crippen LogP contribution is 2.23. The van der Waals surface area contributed by atoms with E-state index in [2.05, 4.69) is 20.2 Å². The lowest BCUT2D eigenvalue weighted by molar-refractivity contribution is 0.140. The fraction of sp³-hybridized carbons (Fsp3) is 0.391. The van der Waals surface area contributed by atoms with Gasteiger partial charge in [-0.25, -0.2) is 13.8 Å². The topological polar surface area (TPSA) is 70.5 Å². The molecule has 0 bridgehead atoms. The fourth-order valence-electron chi connectivity index (χ4n) is 4.03. The lowest BCUT2D eigenvalue weighted by Gasteiger charge is -2.17. The molecule has 0 radical (unpaired) electrons. The quantitative estimate of drug-likeness (QED) is 0.534. The Hall–Kier alpha value is -2.39. The number of aliphatic hydroxyl groups is 1. The lowest BCUT2D eigenvalue weighted by Crippen LogP contribution is -2.30. The molecule has 172 valence electrons. The molecule has 6 nitrogen and oxygen atoms in total. The normalized spacial score (nSPS) is 18.6. The maximum Gasteiger partial charge on any atom is 0.213 e. The predicted molar refractivity (Wildman–Crippen MR) is 121 cm³/mol. The molecular formula is C23H27ClF2N4O2. The van der Waals surface area contributed by atoms with Crippen LogP contribution in [0.5, 0.6) is 5.88 Å². The van der Waals surface area contributed by atoms with Crippen molar-refractivity contribution in [2.75, 3.05) is 33.3 Å². The van der Waals surface area contributed by atoms with Crippen molar-refractivity contribution in [1.29, 1.82) is 0 Å². The van der Waals surface area contributed by atoms with E-state index in [1.54, 1.807) is 24.3 Å². The van der Waals surface area contributed by atoms with Crippen LogP contribution in [0.1, 0.15) is 11.1 Å². The molecule has 1 saturated heterocycles. The van der Waals surface area contributed by atoms with E-state index in [4.69, 9.17) is 4.74 Å². The number of hydrogen-bond donors (Lipinski definition) is 2. The zero-order valence-corrected chi connectivity index (χ0v) is 18.6. The first-order valence-electron chi connectivity index (χ1n) is 10.4. The van der Waals surface area contributed by atoms with Crippen molar-refractivity contribution in [2.24, 2.45) is 5.92 Å². The number of nitrogens with one attached hydrogen (secondary N) is 1. The van der Waals surface area contributed by atoms with Crippen molar-refractivity contribution < 1.29 is 18.6 Å². The van der Waals surface area contributed by atoms with Crippen LogP contribution in [-0.4, -0.2) is 59.4 Å². The summed E-state index contributed by atoms with van der Waals surface area (Å²) in [6.07, 6.45) is 1.25. The monoisotopic (exact) mass is 464 g/mol. The molecule has 0 spiro atoms. The SMILES string of the molecule is COc1ccc2ncc(F)c(CCN3CC(O)C(CNCc4ccc(F)cc4)C3)c2n1.Cl. The van der Waals surface area contributed by atoms with E-state index in [1.165, 1.54) is 25.4 Å². The van der Waals surface area contributed by atoms with Crippen LogP contribution in [-0.2, 0) is 13.0 Å². The standard InChI is InChI=1S/C23H26F2N4O2.ClH/c1-31-22-7-6-20-23(28-22)18(19(25)12-27-20)8-9-29-13-16(21(30)14-29)11-26-10-15-2-4-17(24)5-3-15;/h2-7,12,16,21,26,30H,8-11,13-14H2,1H3;1H. The first kappa shape index (κ1) is 24.3. The van der Waals surface area contributed by atoms with Crippen molar-refractivity contribution in [3.63, 3.8) is 0 Å². The number of β-amino-alcohol motifs (C(OH)–C–C–N with tert-alkyl or cyclic N) is 1. The third-order valence-corrected chi connectivity index (χ3v) is 5.76. The zero-order valence-electron chi connectivity index (χ0n) is 17.8. The largest absolute Gasteiger partial charge is 0.481 e. The smallest absolute Gasteiger partial charge is 0.213 e. The number of ether oxygens (including phenoxy) is 1. The number of nitrogens with zero attached hydrogens (tertiary/aromatic N) is 3. The molecular weight excluding hydrogens is 438 g/mol. The van der Waals surface area contributed by atoms with Crippen LogP contribution in [0.4, 0.5) is 8.78 Å². The van der Waals surface area contributed by atoms with Crippen LogP contribution in [0.2, 0.25) is 0 Å². The molecule has 0 aliphatic carbocycles. The number of benzene rings is 1. The number of likely N-dealkylation sites (tertiary alicyclic amines) is 1. The van der Waals surface area contributed by atoms with Gasteiger partial charge in [0.15, 0.2) is 0 Å². The summed E-state index contributed by atoms with van der Waals surface area (Å²) in [6, 6.07) is 9.85. The number of pyridine rings is 2. The van der Waals surface area contributed by atoms with Gasteiger partial charge in [-0.3, -0.25) is 4.98 Å². The Morgan fingerprint density at radius 3 is 2.69 bits per heavy atom. The minimum Gasteiger partial charge on any atom is -0.481 e. The second kappa shape index (κ2) is 11.0. The van der Waals surface area contributed by atoms with E-state index < -0.39 is 6.10 Å².